The summed E-state index contributed by atoms with van der Waals surface area (Å²) in [6, 6.07) is 5.52. The van der Waals surface area contributed by atoms with E-state index in [1.807, 2.05) is 0 Å². The third-order valence-electron chi connectivity index (χ3n) is 3.53. The van der Waals surface area contributed by atoms with Crippen LogP contribution in [0.3, 0.4) is 0 Å². The van der Waals surface area contributed by atoms with Crippen molar-refractivity contribution in [2.45, 2.75) is 31.0 Å². The van der Waals surface area contributed by atoms with E-state index in [0.717, 1.165) is 25.3 Å². The van der Waals surface area contributed by atoms with Crippen molar-refractivity contribution in [3.8, 4) is 0 Å². The van der Waals surface area contributed by atoms with E-state index in [1.165, 1.54) is 12.1 Å². The molecule has 0 spiro atoms. The minimum Gasteiger partial charge on any atom is -0.382 e. The molecule has 0 amide bonds. The van der Waals surface area contributed by atoms with Crippen LogP contribution in [-0.2, 0) is 10.9 Å². The molecule has 0 bridgehead atoms. The highest BCUT2D eigenvalue weighted by Gasteiger charge is 2.38. The summed E-state index contributed by atoms with van der Waals surface area (Å²) in [5, 5.41) is 2.87. The highest BCUT2D eigenvalue weighted by Crippen LogP contribution is 2.37. The monoisotopic (exact) mass is 259 g/mol. The van der Waals surface area contributed by atoms with Gasteiger partial charge in [-0.15, -0.1) is 0 Å². The predicted octanol–water partition coefficient (Wildman–Crippen LogP) is 3.69. The SMILES string of the molecule is COC1(CNc2ccccc2C(F)(F)F)CCC1. The summed E-state index contributed by atoms with van der Waals surface area (Å²) >= 11 is 0. The highest BCUT2D eigenvalue weighted by molar-refractivity contribution is 5.52. The number of anilines is 1. The summed E-state index contributed by atoms with van der Waals surface area (Å²) < 4.78 is 43.7. The minimum absolute atomic E-state index is 0.119. The molecular formula is C13H16F3NO. The largest absolute Gasteiger partial charge is 0.418 e. The Morgan fingerprint density at radius 1 is 1.28 bits per heavy atom. The van der Waals surface area contributed by atoms with Gasteiger partial charge in [0.25, 0.3) is 0 Å². The van der Waals surface area contributed by atoms with Crippen molar-refractivity contribution in [2.24, 2.45) is 0 Å². The molecule has 1 aromatic rings. The number of alkyl halides is 3. The van der Waals surface area contributed by atoms with E-state index in [9.17, 15) is 13.2 Å². The first-order valence-electron chi connectivity index (χ1n) is 5.92. The Morgan fingerprint density at radius 2 is 1.94 bits per heavy atom. The Hall–Kier alpha value is -1.23. The number of rotatable bonds is 4. The van der Waals surface area contributed by atoms with Crippen LogP contribution in [0, 0.1) is 0 Å². The summed E-state index contributed by atoms with van der Waals surface area (Å²) in [5.41, 5.74) is -0.803. The van der Waals surface area contributed by atoms with E-state index in [-0.39, 0.29) is 11.3 Å². The minimum atomic E-state index is -4.33. The summed E-state index contributed by atoms with van der Waals surface area (Å²) in [4.78, 5) is 0. The van der Waals surface area contributed by atoms with Gasteiger partial charge in [0.2, 0.25) is 0 Å². The number of ether oxygens (including phenoxy) is 1. The number of halogens is 3. The molecule has 1 aromatic carbocycles. The standard InChI is InChI=1S/C13H16F3NO/c1-18-12(7-4-8-12)9-17-11-6-3-2-5-10(11)13(14,15)16/h2-3,5-6,17H,4,7-9H2,1H3. The molecule has 1 aliphatic carbocycles. The third kappa shape index (κ3) is 2.61. The van der Waals surface area contributed by atoms with E-state index in [0.29, 0.717) is 6.54 Å². The van der Waals surface area contributed by atoms with Gasteiger partial charge < -0.3 is 10.1 Å². The predicted molar refractivity (Wildman–Crippen MR) is 63.5 cm³/mol. The summed E-state index contributed by atoms with van der Waals surface area (Å²) in [6.07, 6.45) is -1.48. The second kappa shape index (κ2) is 4.80. The zero-order chi connectivity index (χ0) is 13.2. The quantitative estimate of drug-likeness (QED) is 0.890. The summed E-state index contributed by atoms with van der Waals surface area (Å²) in [7, 11) is 1.61. The average molecular weight is 259 g/mol. The van der Waals surface area contributed by atoms with Crippen LogP contribution in [-0.4, -0.2) is 19.3 Å². The van der Waals surface area contributed by atoms with Crippen molar-refractivity contribution < 1.29 is 17.9 Å². The Kier molecular flexibility index (Phi) is 3.52. The maximum absolute atomic E-state index is 12.8. The Labute approximate surface area is 104 Å². The first-order valence-corrected chi connectivity index (χ1v) is 5.92. The molecule has 2 nitrogen and oxygen atoms in total. The molecule has 0 radical (unpaired) electrons. The molecule has 0 atom stereocenters. The molecule has 18 heavy (non-hydrogen) atoms. The van der Waals surface area contributed by atoms with Gasteiger partial charge in [-0.3, -0.25) is 0 Å². The van der Waals surface area contributed by atoms with Crippen LogP contribution in [0.2, 0.25) is 0 Å². The van der Waals surface area contributed by atoms with Gasteiger partial charge in [0.05, 0.1) is 11.2 Å². The van der Waals surface area contributed by atoms with Crippen LogP contribution in [0.1, 0.15) is 24.8 Å². The lowest BCUT2D eigenvalue weighted by Crippen LogP contribution is -2.45. The molecule has 1 aliphatic rings. The number of para-hydroxylation sites is 1. The van der Waals surface area contributed by atoms with E-state index < -0.39 is 11.7 Å². The lowest BCUT2D eigenvalue weighted by molar-refractivity contribution is -0.137. The molecule has 0 aromatic heterocycles. The fourth-order valence-electron chi connectivity index (χ4n) is 2.16. The zero-order valence-electron chi connectivity index (χ0n) is 10.2. The molecule has 1 N–H and O–H groups in total. The van der Waals surface area contributed by atoms with Crippen LogP contribution in [0.4, 0.5) is 18.9 Å². The molecular weight excluding hydrogens is 243 g/mol. The first-order chi connectivity index (χ1) is 8.47. The number of methoxy groups -OCH3 is 1. The second-order valence-electron chi connectivity index (χ2n) is 4.64. The normalized spacial score (nSPS) is 18.2. The fourth-order valence-corrected chi connectivity index (χ4v) is 2.16. The van der Waals surface area contributed by atoms with Crippen LogP contribution >= 0.6 is 0 Å². The van der Waals surface area contributed by atoms with Gasteiger partial charge in [0.1, 0.15) is 0 Å². The number of hydrogen-bond donors (Lipinski definition) is 1. The molecule has 1 fully saturated rings. The van der Waals surface area contributed by atoms with Gasteiger partial charge in [-0.25, -0.2) is 0 Å². The van der Waals surface area contributed by atoms with Crippen molar-refractivity contribution in [1.29, 1.82) is 0 Å². The van der Waals surface area contributed by atoms with Crippen LogP contribution in [0.5, 0.6) is 0 Å². The molecule has 0 heterocycles. The zero-order valence-corrected chi connectivity index (χ0v) is 10.2. The van der Waals surface area contributed by atoms with Crippen LogP contribution < -0.4 is 5.32 Å². The molecule has 0 saturated heterocycles. The third-order valence-corrected chi connectivity index (χ3v) is 3.53. The molecule has 100 valence electrons. The van der Waals surface area contributed by atoms with Gasteiger partial charge in [-0.2, -0.15) is 13.2 Å². The van der Waals surface area contributed by atoms with Gasteiger partial charge in [-0.05, 0) is 31.4 Å². The second-order valence-corrected chi connectivity index (χ2v) is 4.64. The molecule has 0 aliphatic heterocycles. The number of nitrogens with one attached hydrogen (secondary N) is 1. The van der Waals surface area contributed by atoms with Crippen molar-refractivity contribution in [2.75, 3.05) is 19.0 Å². The lowest BCUT2D eigenvalue weighted by Gasteiger charge is -2.40. The molecule has 0 unspecified atom stereocenters. The van der Waals surface area contributed by atoms with Gasteiger partial charge in [0.15, 0.2) is 0 Å². The van der Waals surface area contributed by atoms with Crippen molar-refractivity contribution in [3.05, 3.63) is 29.8 Å². The molecule has 1 saturated carbocycles. The van der Waals surface area contributed by atoms with Crippen molar-refractivity contribution in [3.63, 3.8) is 0 Å². The maximum atomic E-state index is 12.8. The number of benzene rings is 1. The Morgan fingerprint density at radius 3 is 2.44 bits per heavy atom. The van der Waals surface area contributed by atoms with E-state index >= 15 is 0 Å². The molecule has 2 rings (SSSR count). The number of hydrogen-bond acceptors (Lipinski definition) is 2. The van der Waals surface area contributed by atoms with Gasteiger partial charge in [0, 0.05) is 19.3 Å². The van der Waals surface area contributed by atoms with Gasteiger partial charge in [-0.1, -0.05) is 12.1 Å². The lowest BCUT2D eigenvalue weighted by atomic mass is 9.80. The summed E-state index contributed by atoms with van der Waals surface area (Å²) in [6.45, 7) is 0.413. The van der Waals surface area contributed by atoms with Crippen LogP contribution in [0.25, 0.3) is 0 Å². The smallest absolute Gasteiger partial charge is 0.382 e. The van der Waals surface area contributed by atoms with Crippen LogP contribution in [0.15, 0.2) is 24.3 Å². The molecule has 5 heteroatoms. The topological polar surface area (TPSA) is 21.3 Å². The van der Waals surface area contributed by atoms with Gasteiger partial charge >= 0.3 is 6.18 Å². The maximum Gasteiger partial charge on any atom is 0.418 e. The fraction of sp³-hybridized carbons (Fsp3) is 0.538. The Balaban J connectivity index is 2.10. The van der Waals surface area contributed by atoms with Crippen molar-refractivity contribution in [1.82, 2.24) is 0 Å². The highest BCUT2D eigenvalue weighted by atomic mass is 19.4. The van der Waals surface area contributed by atoms with E-state index in [4.69, 9.17) is 4.74 Å². The van der Waals surface area contributed by atoms with E-state index in [1.54, 1.807) is 13.2 Å². The van der Waals surface area contributed by atoms with Crippen molar-refractivity contribution >= 4 is 5.69 Å². The Bertz CT molecular complexity index is 407. The average Bonchev–Trinajstić information content (AvgIpc) is 2.27. The first kappa shape index (κ1) is 13.2. The van der Waals surface area contributed by atoms with E-state index in [2.05, 4.69) is 5.32 Å². The summed E-state index contributed by atoms with van der Waals surface area (Å²) in [5.74, 6) is 0.